The summed E-state index contributed by atoms with van der Waals surface area (Å²) in [5.74, 6) is 0.565. The van der Waals surface area contributed by atoms with Gasteiger partial charge in [0.25, 0.3) is 0 Å². The van der Waals surface area contributed by atoms with Crippen LogP contribution in [0.25, 0.3) is 16.6 Å². The molecule has 0 bridgehead atoms. The Morgan fingerprint density at radius 1 is 1.09 bits per heavy atom. The molecular formula is C26H27ClN6O. The molecule has 0 spiro atoms. The largest absolute Gasteiger partial charge is 0.352 e. The van der Waals surface area contributed by atoms with E-state index in [2.05, 4.69) is 27.3 Å². The Kier molecular flexibility index (Phi) is 5.96. The molecular weight excluding hydrogens is 448 g/mol. The normalized spacial score (nSPS) is 16.1. The summed E-state index contributed by atoms with van der Waals surface area (Å²) >= 11 is 6.13. The third-order valence-corrected chi connectivity index (χ3v) is 6.77. The van der Waals surface area contributed by atoms with Crippen LogP contribution in [0.3, 0.4) is 0 Å². The Bertz CT molecular complexity index is 1370. The predicted molar refractivity (Wildman–Crippen MR) is 136 cm³/mol. The van der Waals surface area contributed by atoms with Gasteiger partial charge in [-0.3, -0.25) is 4.79 Å². The van der Waals surface area contributed by atoms with Crippen LogP contribution in [0.15, 0.2) is 48.5 Å². The van der Waals surface area contributed by atoms with Gasteiger partial charge in [-0.2, -0.15) is 10.2 Å². The highest BCUT2D eigenvalue weighted by atomic mass is 35.5. The second-order valence-corrected chi connectivity index (χ2v) is 9.34. The molecule has 1 fully saturated rings. The smallest absolute Gasteiger partial charge is 0.229 e. The number of para-hydroxylation sites is 1. The second kappa shape index (κ2) is 9.06. The first kappa shape index (κ1) is 22.3. The molecule has 0 aliphatic carbocycles. The van der Waals surface area contributed by atoms with Crippen molar-refractivity contribution >= 4 is 39.9 Å². The summed E-state index contributed by atoms with van der Waals surface area (Å²) in [5, 5.41) is 18.6. The minimum Gasteiger partial charge on any atom is -0.352 e. The number of carbonyl (C=O) groups is 1. The van der Waals surface area contributed by atoms with Crippen LogP contribution in [0.2, 0.25) is 5.02 Å². The van der Waals surface area contributed by atoms with E-state index in [-0.39, 0.29) is 11.8 Å². The Balaban J connectivity index is 1.45. The van der Waals surface area contributed by atoms with E-state index in [1.165, 1.54) is 0 Å². The van der Waals surface area contributed by atoms with Crippen LogP contribution in [0.5, 0.6) is 0 Å². The molecule has 1 aliphatic heterocycles. The highest BCUT2D eigenvalue weighted by Crippen LogP contribution is 2.32. The zero-order chi connectivity index (χ0) is 23.8. The number of nitrogens with one attached hydrogen (secondary N) is 1. The first-order valence-corrected chi connectivity index (χ1v) is 11.9. The molecule has 34 heavy (non-hydrogen) atoms. The fourth-order valence-corrected chi connectivity index (χ4v) is 4.86. The van der Waals surface area contributed by atoms with E-state index in [9.17, 15) is 4.79 Å². The van der Waals surface area contributed by atoms with E-state index in [0.29, 0.717) is 11.6 Å². The summed E-state index contributed by atoms with van der Waals surface area (Å²) in [6, 6.07) is 15.6. The van der Waals surface area contributed by atoms with Gasteiger partial charge in [-0.1, -0.05) is 35.9 Å². The van der Waals surface area contributed by atoms with Gasteiger partial charge < -0.3 is 10.2 Å². The number of aromatic nitrogens is 4. The molecule has 4 aromatic rings. The van der Waals surface area contributed by atoms with Crippen LogP contribution in [-0.2, 0) is 4.79 Å². The van der Waals surface area contributed by atoms with Gasteiger partial charge in [-0.15, -0.1) is 5.10 Å². The molecule has 1 saturated heterocycles. The average molecular weight is 475 g/mol. The lowest BCUT2D eigenvalue weighted by molar-refractivity contribution is -0.120. The minimum absolute atomic E-state index is 0.00243. The van der Waals surface area contributed by atoms with Crippen molar-refractivity contribution < 1.29 is 4.79 Å². The van der Waals surface area contributed by atoms with Crippen molar-refractivity contribution in [1.29, 1.82) is 0 Å². The third-order valence-electron chi connectivity index (χ3n) is 6.53. The van der Waals surface area contributed by atoms with Crippen LogP contribution in [0.1, 0.15) is 29.8 Å². The van der Waals surface area contributed by atoms with Crippen molar-refractivity contribution in [3.63, 3.8) is 0 Å². The van der Waals surface area contributed by atoms with E-state index < -0.39 is 0 Å². The van der Waals surface area contributed by atoms with Crippen molar-refractivity contribution in [2.24, 2.45) is 5.92 Å². The van der Waals surface area contributed by atoms with Crippen LogP contribution in [-0.4, -0.2) is 39.0 Å². The van der Waals surface area contributed by atoms with Crippen molar-refractivity contribution in [3.05, 3.63) is 70.5 Å². The number of halogens is 1. The summed E-state index contributed by atoms with van der Waals surface area (Å²) in [6.45, 7) is 7.35. The SMILES string of the molecule is Cc1ccc(Cl)cc1NC(=O)C1CCCN(c2nnc(C)c3c(C)n(-c4ccccc4)nc23)C1. The summed E-state index contributed by atoms with van der Waals surface area (Å²) in [5.41, 5.74) is 5.43. The van der Waals surface area contributed by atoms with E-state index >= 15 is 0 Å². The highest BCUT2D eigenvalue weighted by Gasteiger charge is 2.29. The van der Waals surface area contributed by atoms with Crippen LogP contribution >= 0.6 is 11.6 Å². The summed E-state index contributed by atoms with van der Waals surface area (Å²) in [7, 11) is 0. The number of hydrogen-bond acceptors (Lipinski definition) is 5. The molecule has 8 heteroatoms. The molecule has 1 atom stereocenters. The molecule has 1 N–H and O–H groups in total. The molecule has 1 aliphatic rings. The zero-order valence-electron chi connectivity index (χ0n) is 19.5. The fraction of sp³-hybridized carbons (Fsp3) is 0.308. The van der Waals surface area contributed by atoms with Gasteiger partial charge in [-0.25, -0.2) is 4.68 Å². The summed E-state index contributed by atoms with van der Waals surface area (Å²) < 4.78 is 1.95. The minimum atomic E-state index is -0.164. The van der Waals surface area contributed by atoms with Gasteiger partial charge in [0.15, 0.2) is 5.82 Å². The molecule has 174 valence electrons. The summed E-state index contributed by atoms with van der Waals surface area (Å²) in [4.78, 5) is 15.3. The number of nitrogens with zero attached hydrogens (tertiary/aromatic N) is 5. The van der Waals surface area contributed by atoms with E-state index in [4.69, 9.17) is 16.7 Å². The molecule has 5 rings (SSSR count). The predicted octanol–water partition coefficient (Wildman–Crippen LogP) is 5.25. The van der Waals surface area contributed by atoms with Gasteiger partial charge >= 0.3 is 0 Å². The topological polar surface area (TPSA) is 75.9 Å². The Hall–Kier alpha value is -3.45. The lowest BCUT2D eigenvalue weighted by Gasteiger charge is -2.32. The first-order valence-electron chi connectivity index (χ1n) is 11.5. The van der Waals surface area contributed by atoms with E-state index in [0.717, 1.165) is 64.4 Å². The van der Waals surface area contributed by atoms with Crippen LogP contribution in [0.4, 0.5) is 11.5 Å². The molecule has 3 heterocycles. The maximum absolute atomic E-state index is 13.1. The average Bonchev–Trinajstić information content (AvgIpc) is 3.20. The number of fused-ring (bicyclic) bond motifs is 1. The third kappa shape index (κ3) is 4.12. The summed E-state index contributed by atoms with van der Waals surface area (Å²) in [6.07, 6.45) is 1.71. The van der Waals surface area contributed by atoms with Gasteiger partial charge in [0.05, 0.1) is 28.4 Å². The molecule has 2 aromatic carbocycles. The van der Waals surface area contributed by atoms with Gasteiger partial charge in [-0.05, 0) is 63.4 Å². The number of rotatable bonds is 4. The maximum atomic E-state index is 13.1. The van der Waals surface area contributed by atoms with Crippen molar-refractivity contribution in [3.8, 4) is 5.69 Å². The molecule has 7 nitrogen and oxygen atoms in total. The highest BCUT2D eigenvalue weighted by molar-refractivity contribution is 6.31. The van der Waals surface area contributed by atoms with Gasteiger partial charge in [0, 0.05) is 23.8 Å². The quantitative estimate of drug-likeness (QED) is 0.437. The van der Waals surface area contributed by atoms with Crippen molar-refractivity contribution in [2.75, 3.05) is 23.3 Å². The monoisotopic (exact) mass is 474 g/mol. The number of aryl methyl sites for hydroxylation is 3. The molecule has 1 unspecified atom stereocenters. The maximum Gasteiger partial charge on any atom is 0.229 e. The van der Waals surface area contributed by atoms with Crippen molar-refractivity contribution in [2.45, 2.75) is 33.6 Å². The molecule has 2 aromatic heterocycles. The van der Waals surface area contributed by atoms with Crippen molar-refractivity contribution in [1.82, 2.24) is 20.0 Å². The number of hydrogen-bond donors (Lipinski definition) is 1. The number of amides is 1. The second-order valence-electron chi connectivity index (χ2n) is 8.90. The molecule has 0 radical (unpaired) electrons. The number of anilines is 2. The number of carbonyl (C=O) groups excluding carboxylic acids is 1. The van der Waals surface area contributed by atoms with Crippen LogP contribution in [0, 0.1) is 26.7 Å². The number of benzene rings is 2. The zero-order valence-corrected chi connectivity index (χ0v) is 20.3. The lowest BCUT2D eigenvalue weighted by atomic mass is 9.96. The number of piperidine rings is 1. The van der Waals surface area contributed by atoms with Crippen LogP contribution < -0.4 is 10.2 Å². The molecule has 0 saturated carbocycles. The standard InChI is InChI=1S/C26H27ClN6O/c1-16-11-12-20(27)14-22(16)28-26(34)19-8-7-13-32(15-19)25-24-23(17(2)29-30-25)18(3)33(31-24)21-9-5-4-6-10-21/h4-6,9-12,14,19H,7-8,13,15H2,1-3H3,(H,28,34). The molecule has 1 amide bonds. The van der Waals surface area contributed by atoms with Gasteiger partial charge in [0.2, 0.25) is 5.91 Å². The lowest BCUT2D eigenvalue weighted by Crippen LogP contribution is -2.41. The Morgan fingerprint density at radius 3 is 2.68 bits per heavy atom. The first-order chi connectivity index (χ1) is 16.4. The Labute approximate surface area is 203 Å². The van der Waals surface area contributed by atoms with E-state index in [1.54, 1.807) is 6.07 Å². The Morgan fingerprint density at radius 2 is 1.88 bits per heavy atom. The fourth-order valence-electron chi connectivity index (χ4n) is 4.69. The van der Waals surface area contributed by atoms with Gasteiger partial charge in [0.1, 0.15) is 5.52 Å². The van der Waals surface area contributed by atoms with E-state index in [1.807, 2.05) is 61.0 Å².